The highest BCUT2D eigenvalue weighted by molar-refractivity contribution is 7.17. The van der Waals surface area contributed by atoms with E-state index in [4.69, 9.17) is 6.42 Å². The van der Waals surface area contributed by atoms with Gasteiger partial charge in [-0.3, -0.25) is 9.59 Å². The van der Waals surface area contributed by atoms with Crippen LogP contribution < -0.4 is 4.80 Å². The van der Waals surface area contributed by atoms with Crippen molar-refractivity contribution in [2.45, 2.75) is 13.5 Å². The van der Waals surface area contributed by atoms with E-state index in [2.05, 4.69) is 23.0 Å². The summed E-state index contributed by atoms with van der Waals surface area (Å²) < 4.78 is 2.93. The molecule has 4 rings (SSSR count). The van der Waals surface area contributed by atoms with Crippen LogP contribution in [0.25, 0.3) is 21.0 Å². The largest absolute Gasteiger partial charge is 0.305 e. The van der Waals surface area contributed by atoms with Gasteiger partial charge in [0.1, 0.15) is 0 Å². The summed E-state index contributed by atoms with van der Waals surface area (Å²) in [6.07, 6.45) is 5.55. The summed E-state index contributed by atoms with van der Waals surface area (Å²) >= 11 is 1.45. The minimum absolute atomic E-state index is 0.0424. The van der Waals surface area contributed by atoms with Crippen LogP contribution in [0.4, 0.5) is 0 Å². The Morgan fingerprint density at radius 1 is 1.04 bits per heavy atom. The molecule has 0 spiro atoms. The van der Waals surface area contributed by atoms with Gasteiger partial charge in [-0.05, 0) is 30.5 Å². The Morgan fingerprint density at radius 3 is 2.46 bits per heavy atom. The summed E-state index contributed by atoms with van der Waals surface area (Å²) in [6.45, 7) is 1.82. The summed E-state index contributed by atoms with van der Waals surface area (Å²) in [5, 5.41) is 2.23. The van der Waals surface area contributed by atoms with Crippen molar-refractivity contribution in [1.29, 1.82) is 0 Å². The number of Topliss-reactive ketones (excluding diaryl/α,β-unsaturated/α-hetero) is 1. The number of fused-ring (bicyclic) bond motifs is 3. The maximum atomic E-state index is 12.7. The van der Waals surface area contributed by atoms with Gasteiger partial charge >= 0.3 is 0 Å². The topological polar surface area (TPSA) is 51.4 Å². The van der Waals surface area contributed by atoms with Crippen molar-refractivity contribution in [3.8, 4) is 12.3 Å². The molecule has 4 aromatic rings. The van der Waals surface area contributed by atoms with E-state index >= 15 is 0 Å². The molecular weight excluding hydrogens is 368 g/mol. The number of ketones is 1. The molecule has 3 aromatic carbocycles. The molecule has 0 fully saturated rings. The van der Waals surface area contributed by atoms with E-state index in [1.807, 2.05) is 28.8 Å². The Morgan fingerprint density at radius 2 is 1.75 bits per heavy atom. The number of rotatable bonds is 3. The number of aromatic nitrogens is 1. The molecule has 0 N–H and O–H groups in total. The third-order valence-electron chi connectivity index (χ3n) is 4.56. The number of carbonyl (C=O) groups excluding carboxylic acids is 2. The first-order chi connectivity index (χ1) is 13.6. The van der Waals surface area contributed by atoms with Gasteiger partial charge in [0.25, 0.3) is 5.91 Å². The van der Waals surface area contributed by atoms with Gasteiger partial charge in [-0.2, -0.15) is 4.99 Å². The number of benzene rings is 3. The number of hydrogen-bond donors (Lipinski definition) is 0. The smallest absolute Gasteiger partial charge is 0.279 e. The molecule has 0 unspecified atom stereocenters. The van der Waals surface area contributed by atoms with E-state index in [1.165, 1.54) is 18.3 Å². The van der Waals surface area contributed by atoms with Crippen LogP contribution in [0.15, 0.2) is 65.7 Å². The molecule has 4 nitrogen and oxygen atoms in total. The van der Waals surface area contributed by atoms with Gasteiger partial charge in [-0.1, -0.05) is 59.7 Å². The zero-order valence-electron chi connectivity index (χ0n) is 15.2. The molecule has 0 saturated heterocycles. The molecule has 0 aliphatic carbocycles. The minimum atomic E-state index is -0.364. The quantitative estimate of drug-likeness (QED) is 0.387. The second kappa shape index (κ2) is 7.26. The molecule has 0 saturated carbocycles. The Labute approximate surface area is 165 Å². The van der Waals surface area contributed by atoms with Crippen LogP contribution in [-0.4, -0.2) is 16.3 Å². The molecule has 1 aromatic heterocycles. The van der Waals surface area contributed by atoms with E-state index in [-0.39, 0.29) is 11.7 Å². The van der Waals surface area contributed by atoms with E-state index in [1.54, 1.807) is 24.3 Å². The summed E-state index contributed by atoms with van der Waals surface area (Å²) in [4.78, 5) is 29.0. The van der Waals surface area contributed by atoms with Crippen LogP contribution in [0, 0.1) is 12.3 Å². The Balaban J connectivity index is 1.88. The second-order valence-electron chi connectivity index (χ2n) is 6.36. The van der Waals surface area contributed by atoms with Crippen molar-refractivity contribution >= 4 is 44.0 Å². The van der Waals surface area contributed by atoms with Crippen molar-refractivity contribution in [3.63, 3.8) is 0 Å². The van der Waals surface area contributed by atoms with Crippen LogP contribution in [-0.2, 0) is 6.54 Å². The van der Waals surface area contributed by atoms with Crippen molar-refractivity contribution in [2.24, 2.45) is 4.99 Å². The molecule has 0 bridgehead atoms. The third kappa shape index (κ3) is 3.15. The van der Waals surface area contributed by atoms with Gasteiger partial charge in [-0.15, -0.1) is 6.42 Å². The first kappa shape index (κ1) is 17.9. The molecule has 0 aliphatic rings. The Hall–Kier alpha value is -3.49. The predicted octanol–water partition coefficient (Wildman–Crippen LogP) is 4.43. The molecular formula is C23H16N2O2S. The van der Waals surface area contributed by atoms with E-state index in [9.17, 15) is 9.59 Å². The van der Waals surface area contributed by atoms with Gasteiger partial charge in [0, 0.05) is 16.5 Å². The van der Waals surface area contributed by atoms with Crippen LogP contribution in [0.2, 0.25) is 0 Å². The molecule has 1 heterocycles. The Kier molecular flexibility index (Phi) is 4.64. The average Bonchev–Trinajstić information content (AvgIpc) is 3.06. The lowest BCUT2D eigenvalue weighted by atomic mass is 10.1. The fourth-order valence-corrected chi connectivity index (χ4v) is 4.29. The highest BCUT2D eigenvalue weighted by Gasteiger charge is 2.11. The number of hydrogen-bond acceptors (Lipinski definition) is 3. The number of carbonyl (C=O) groups is 2. The SMILES string of the molecule is C#CCn1c(=NC(=O)c2ccc(C(C)=O)cc2)sc2c3ccccc3ccc21. The fraction of sp³-hybridized carbons (Fsp3) is 0.0870. The van der Waals surface area contributed by atoms with Gasteiger partial charge in [0.2, 0.25) is 0 Å². The lowest BCUT2D eigenvalue weighted by Gasteiger charge is -2.02. The molecule has 136 valence electrons. The minimum Gasteiger partial charge on any atom is -0.305 e. The molecule has 28 heavy (non-hydrogen) atoms. The summed E-state index contributed by atoms with van der Waals surface area (Å²) in [7, 11) is 0. The summed E-state index contributed by atoms with van der Waals surface area (Å²) in [5.74, 6) is 2.24. The molecule has 0 atom stereocenters. The second-order valence-corrected chi connectivity index (χ2v) is 7.34. The number of nitrogens with zero attached hydrogens (tertiary/aromatic N) is 2. The van der Waals surface area contributed by atoms with Crippen molar-refractivity contribution in [1.82, 2.24) is 4.57 Å². The molecule has 0 aliphatic heterocycles. The predicted molar refractivity (Wildman–Crippen MR) is 112 cm³/mol. The zero-order chi connectivity index (χ0) is 19.7. The number of amides is 1. The maximum Gasteiger partial charge on any atom is 0.279 e. The van der Waals surface area contributed by atoms with Gasteiger partial charge in [0.15, 0.2) is 10.6 Å². The standard InChI is InChI=1S/C23H16N2O2S/c1-3-14-25-20-13-12-17-6-4-5-7-19(17)21(20)28-23(25)24-22(27)18-10-8-16(9-11-18)15(2)26/h1,4-13H,14H2,2H3. The van der Waals surface area contributed by atoms with E-state index < -0.39 is 0 Å². The number of terminal acetylenes is 1. The molecule has 1 amide bonds. The molecule has 0 radical (unpaired) electrons. The van der Waals surface area contributed by atoms with Crippen LogP contribution in [0.5, 0.6) is 0 Å². The van der Waals surface area contributed by atoms with Gasteiger partial charge < -0.3 is 4.57 Å². The number of thiazole rings is 1. The van der Waals surface area contributed by atoms with Crippen LogP contribution in [0.1, 0.15) is 27.6 Å². The van der Waals surface area contributed by atoms with Gasteiger partial charge in [-0.25, -0.2) is 0 Å². The Bertz CT molecular complexity index is 1340. The third-order valence-corrected chi connectivity index (χ3v) is 5.69. The average molecular weight is 384 g/mol. The van der Waals surface area contributed by atoms with Crippen LogP contribution >= 0.6 is 11.3 Å². The molecule has 5 heteroatoms. The first-order valence-corrected chi connectivity index (χ1v) is 9.55. The van der Waals surface area contributed by atoms with E-state index in [0.717, 1.165) is 21.0 Å². The van der Waals surface area contributed by atoms with Crippen LogP contribution in [0.3, 0.4) is 0 Å². The van der Waals surface area contributed by atoms with Crippen molar-refractivity contribution in [2.75, 3.05) is 0 Å². The highest BCUT2D eigenvalue weighted by Crippen LogP contribution is 2.27. The summed E-state index contributed by atoms with van der Waals surface area (Å²) in [5.41, 5.74) is 1.95. The van der Waals surface area contributed by atoms with Gasteiger partial charge in [0.05, 0.1) is 16.8 Å². The fourth-order valence-electron chi connectivity index (χ4n) is 3.13. The van der Waals surface area contributed by atoms with Crippen molar-refractivity contribution in [3.05, 3.63) is 76.6 Å². The zero-order valence-corrected chi connectivity index (χ0v) is 16.0. The monoisotopic (exact) mass is 384 g/mol. The lowest BCUT2D eigenvalue weighted by Crippen LogP contribution is -2.16. The lowest BCUT2D eigenvalue weighted by molar-refractivity contribution is 0.0991. The normalized spacial score (nSPS) is 11.6. The van der Waals surface area contributed by atoms with E-state index in [0.29, 0.717) is 22.5 Å². The van der Waals surface area contributed by atoms with Crippen molar-refractivity contribution < 1.29 is 9.59 Å². The highest BCUT2D eigenvalue weighted by atomic mass is 32.1. The first-order valence-electron chi connectivity index (χ1n) is 8.73. The maximum absolute atomic E-state index is 12.7. The summed E-state index contributed by atoms with van der Waals surface area (Å²) in [6, 6.07) is 18.7.